The fourth-order valence-electron chi connectivity index (χ4n) is 1.55. The monoisotopic (exact) mass is 241 g/mol. The maximum Gasteiger partial charge on any atom is 0.313 e. The maximum absolute atomic E-state index is 11.7. The summed E-state index contributed by atoms with van der Waals surface area (Å²) in [6.07, 6.45) is 3.33. The minimum Gasteiger partial charge on any atom is -0.466 e. The average molecular weight is 242 g/mol. The van der Waals surface area contributed by atoms with Crippen molar-refractivity contribution in [2.75, 3.05) is 6.61 Å². The Labute approximate surface area is 101 Å². The van der Waals surface area contributed by atoms with Crippen molar-refractivity contribution in [3.63, 3.8) is 0 Å². The van der Waals surface area contributed by atoms with Crippen LogP contribution in [0.2, 0.25) is 5.15 Å². The molecule has 0 amide bonds. The van der Waals surface area contributed by atoms with Gasteiger partial charge < -0.3 is 4.74 Å². The Hall–Kier alpha value is -1.09. The largest absolute Gasteiger partial charge is 0.466 e. The van der Waals surface area contributed by atoms with E-state index in [2.05, 4.69) is 4.98 Å². The third-order valence-electron chi connectivity index (χ3n) is 2.30. The van der Waals surface area contributed by atoms with Gasteiger partial charge in [-0.15, -0.1) is 0 Å². The highest BCUT2D eigenvalue weighted by Gasteiger charge is 2.21. The molecule has 0 fully saturated rings. The Bertz CT molecular complexity index is 337. The van der Waals surface area contributed by atoms with E-state index in [0.717, 1.165) is 18.4 Å². The van der Waals surface area contributed by atoms with Crippen LogP contribution >= 0.6 is 11.6 Å². The van der Waals surface area contributed by atoms with Crippen LogP contribution in [-0.2, 0) is 9.53 Å². The van der Waals surface area contributed by atoms with Crippen LogP contribution < -0.4 is 0 Å². The van der Waals surface area contributed by atoms with Crippen LogP contribution in [0.5, 0.6) is 0 Å². The number of nitrogens with zero attached hydrogens (tertiary/aromatic N) is 1. The van der Waals surface area contributed by atoms with Crippen LogP contribution in [0.4, 0.5) is 0 Å². The van der Waals surface area contributed by atoms with Crippen molar-refractivity contribution in [2.24, 2.45) is 0 Å². The quantitative estimate of drug-likeness (QED) is 0.587. The fourth-order valence-corrected chi connectivity index (χ4v) is 1.66. The summed E-state index contributed by atoms with van der Waals surface area (Å²) in [5.74, 6) is -0.414. The van der Waals surface area contributed by atoms with Gasteiger partial charge in [0.2, 0.25) is 0 Å². The summed E-state index contributed by atoms with van der Waals surface area (Å²) in [6.45, 7) is 4.25. The van der Waals surface area contributed by atoms with Crippen molar-refractivity contribution in [1.29, 1.82) is 0 Å². The molecule has 0 spiro atoms. The van der Waals surface area contributed by atoms with Gasteiger partial charge >= 0.3 is 5.97 Å². The van der Waals surface area contributed by atoms with Gasteiger partial charge in [-0.05, 0) is 25.0 Å². The van der Waals surface area contributed by atoms with Crippen molar-refractivity contribution in [3.8, 4) is 0 Å². The maximum atomic E-state index is 11.7. The van der Waals surface area contributed by atoms with Gasteiger partial charge in [0.1, 0.15) is 5.15 Å². The Morgan fingerprint density at radius 1 is 1.50 bits per heavy atom. The number of ether oxygens (including phenoxy) is 1. The minimum atomic E-state index is -0.227. The predicted octanol–water partition coefficient (Wildman–Crippen LogP) is 3.18. The highest BCUT2D eigenvalue weighted by molar-refractivity contribution is 6.29. The summed E-state index contributed by atoms with van der Waals surface area (Å²) in [4.78, 5) is 15.7. The third kappa shape index (κ3) is 3.49. The predicted molar refractivity (Wildman–Crippen MR) is 63.5 cm³/mol. The van der Waals surface area contributed by atoms with Gasteiger partial charge in [-0.3, -0.25) is 4.79 Å². The van der Waals surface area contributed by atoms with Crippen LogP contribution in [0.1, 0.15) is 38.2 Å². The summed E-state index contributed by atoms with van der Waals surface area (Å²) in [6, 6.07) is 3.52. The highest BCUT2D eigenvalue weighted by atomic mass is 35.5. The molecule has 0 aromatic carbocycles. The van der Waals surface area contributed by atoms with Crippen molar-refractivity contribution >= 4 is 17.6 Å². The Morgan fingerprint density at radius 3 is 2.75 bits per heavy atom. The molecule has 0 radical (unpaired) electrons. The number of hydrogen-bond donors (Lipinski definition) is 0. The van der Waals surface area contributed by atoms with E-state index in [4.69, 9.17) is 16.3 Å². The summed E-state index contributed by atoms with van der Waals surface area (Å²) < 4.78 is 5.04. The topological polar surface area (TPSA) is 39.2 Å². The average Bonchev–Trinajstić information content (AvgIpc) is 2.28. The van der Waals surface area contributed by atoms with E-state index in [1.807, 2.05) is 13.0 Å². The van der Waals surface area contributed by atoms with Crippen molar-refractivity contribution in [1.82, 2.24) is 4.98 Å². The normalized spacial score (nSPS) is 12.2. The number of aromatic nitrogens is 1. The van der Waals surface area contributed by atoms with Crippen molar-refractivity contribution in [3.05, 3.63) is 29.0 Å². The fraction of sp³-hybridized carbons (Fsp3) is 0.500. The molecule has 0 aliphatic rings. The highest BCUT2D eigenvalue weighted by Crippen LogP contribution is 2.23. The van der Waals surface area contributed by atoms with E-state index in [1.165, 1.54) is 0 Å². The van der Waals surface area contributed by atoms with Gasteiger partial charge in [0.05, 0.1) is 12.5 Å². The minimum absolute atomic E-state index is 0.187. The van der Waals surface area contributed by atoms with Crippen LogP contribution in [0.25, 0.3) is 0 Å². The van der Waals surface area contributed by atoms with Gasteiger partial charge in [-0.1, -0.05) is 31.0 Å². The molecule has 0 N–H and O–H groups in total. The molecular weight excluding hydrogens is 226 g/mol. The molecule has 1 rings (SSSR count). The van der Waals surface area contributed by atoms with E-state index in [1.54, 1.807) is 19.2 Å². The Morgan fingerprint density at radius 2 is 2.25 bits per heavy atom. The molecule has 0 saturated heterocycles. The Kier molecular flexibility index (Phi) is 5.26. The van der Waals surface area contributed by atoms with Gasteiger partial charge in [-0.25, -0.2) is 4.98 Å². The zero-order chi connectivity index (χ0) is 12.0. The van der Waals surface area contributed by atoms with Crippen molar-refractivity contribution in [2.45, 2.75) is 32.6 Å². The third-order valence-corrected chi connectivity index (χ3v) is 2.52. The van der Waals surface area contributed by atoms with Crippen molar-refractivity contribution < 1.29 is 9.53 Å². The zero-order valence-corrected chi connectivity index (χ0v) is 10.3. The number of esters is 1. The van der Waals surface area contributed by atoms with Crippen LogP contribution in [-0.4, -0.2) is 17.6 Å². The van der Waals surface area contributed by atoms with Crippen LogP contribution in [0, 0.1) is 0 Å². The molecule has 3 nitrogen and oxygen atoms in total. The number of carbonyl (C=O) groups excluding carboxylic acids is 1. The first-order valence-corrected chi connectivity index (χ1v) is 5.84. The number of rotatable bonds is 5. The van der Waals surface area contributed by atoms with Crippen LogP contribution in [0.3, 0.4) is 0 Å². The van der Waals surface area contributed by atoms with Gasteiger partial charge in [-0.2, -0.15) is 0 Å². The smallest absolute Gasteiger partial charge is 0.313 e. The molecule has 1 heterocycles. The summed E-state index contributed by atoms with van der Waals surface area (Å²) in [5, 5.41) is 0.433. The summed E-state index contributed by atoms with van der Waals surface area (Å²) in [5.41, 5.74) is 0.865. The summed E-state index contributed by atoms with van der Waals surface area (Å²) >= 11 is 5.71. The molecular formula is C12H16ClNO2. The van der Waals surface area contributed by atoms with E-state index < -0.39 is 0 Å². The lowest BCUT2D eigenvalue weighted by molar-refractivity contribution is -0.145. The molecule has 4 heteroatoms. The molecule has 1 unspecified atom stereocenters. The zero-order valence-electron chi connectivity index (χ0n) is 9.57. The number of carbonyl (C=O) groups is 1. The molecule has 0 saturated carbocycles. The molecule has 0 bridgehead atoms. The second-order valence-corrected chi connectivity index (χ2v) is 3.89. The second kappa shape index (κ2) is 6.48. The second-order valence-electron chi connectivity index (χ2n) is 3.51. The molecule has 0 aliphatic heterocycles. The molecule has 0 aliphatic carbocycles. The SMILES string of the molecule is CCCC(C(=O)OCC)c1ccc(Cl)nc1. The van der Waals surface area contributed by atoms with Gasteiger partial charge in [0.25, 0.3) is 0 Å². The van der Waals surface area contributed by atoms with Gasteiger partial charge in [0, 0.05) is 6.20 Å². The van der Waals surface area contributed by atoms with E-state index >= 15 is 0 Å². The first kappa shape index (κ1) is 13.0. The molecule has 16 heavy (non-hydrogen) atoms. The van der Waals surface area contributed by atoms with E-state index in [0.29, 0.717) is 11.8 Å². The number of hydrogen-bond acceptors (Lipinski definition) is 3. The molecule has 1 atom stereocenters. The Balaban J connectivity index is 2.84. The first-order valence-electron chi connectivity index (χ1n) is 5.47. The lowest BCUT2D eigenvalue weighted by Gasteiger charge is -2.14. The van der Waals surface area contributed by atoms with E-state index in [-0.39, 0.29) is 11.9 Å². The van der Waals surface area contributed by atoms with E-state index in [9.17, 15) is 4.79 Å². The lowest BCUT2D eigenvalue weighted by atomic mass is 9.96. The first-order chi connectivity index (χ1) is 7.69. The number of halogens is 1. The van der Waals surface area contributed by atoms with Gasteiger partial charge in [0.15, 0.2) is 0 Å². The standard InChI is InChI=1S/C12H16ClNO2/c1-3-5-10(12(15)16-4-2)9-6-7-11(13)14-8-9/h6-8,10H,3-5H2,1-2H3. The molecule has 88 valence electrons. The summed E-state index contributed by atoms with van der Waals surface area (Å²) in [7, 11) is 0. The number of pyridine rings is 1. The molecule has 1 aromatic heterocycles. The van der Waals surface area contributed by atoms with Crippen LogP contribution in [0.15, 0.2) is 18.3 Å². The molecule has 1 aromatic rings. The lowest BCUT2D eigenvalue weighted by Crippen LogP contribution is -2.16.